The highest BCUT2D eigenvalue weighted by Crippen LogP contribution is 2.35. The summed E-state index contributed by atoms with van der Waals surface area (Å²) in [7, 11) is 0. The standard InChI is InChI=1S/C17H17FN4O2/c18-13-4-2-1-3-11(13)7-17(16(20)24)9-22(10-17)15(23)12-5-6-14(19)21-8-12/h1-6,8H,7,9-10H2,(H2,19,21)(H2,20,24). The molecule has 7 heteroatoms. The van der Waals surface area contributed by atoms with Crippen LogP contribution in [-0.4, -0.2) is 34.8 Å². The maximum Gasteiger partial charge on any atom is 0.255 e. The average Bonchev–Trinajstić information content (AvgIpc) is 2.52. The van der Waals surface area contributed by atoms with Gasteiger partial charge in [-0.3, -0.25) is 9.59 Å². The van der Waals surface area contributed by atoms with E-state index in [1.54, 1.807) is 24.3 Å². The molecule has 6 nitrogen and oxygen atoms in total. The van der Waals surface area contributed by atoms with Crippen LogP contribution >= 0.6 is 0 Å². The molecular formula is C17H17FN4O2. The van der Waals surface area contributed by atoms with Crippen molar-refractivity contribution in [3.63, 3.8) is 0 Å². The van der Waals surface area contributed by atoms with Crippen molar-refractivity contribution in [1.82, 2.24) is 9.88 Å². The number of nitrogen functional groups attached to an aromatic ring is 1. The van der Waals surface area contributed by atoms with Crippen molar-refractivity contribution in [2.24, 2.45) is 11.1 Å². The van der Waals surface area contributed by atoms with Crippen LogP contribution in [-0.2, 0) is 11.2 Å². The summed E-state index contributed by atoms with van der Waals surface area (Å²) < 4.78 is 13.8. The Morgan fingerprint density at radius 3 is 2.50 bits per heavy atom. The van der Waals surface area contributed by atoms with Crippen molar-refractivity contribution in [2.45, 2.75) is 6.42 Å². The second kappa shape index (κ2) is 5.92. The Morgan fingerprint density at radius 1 is 1.21 bits per heavy atom. The predicted molar refractivity (Wildman–Crippen MR) is 86.3 cm³/mol. The zero-order valence-corrected chi connectivity index (χ0v) is 12.9. The largest absolute Gasteiger partial charge is 0.384 e. The van der Waals surface area contributed by atoms with Gasteiger partial charge in [0.2, 0.25) is 5.91 Å². The summed E-state index contributed by atoms with van der Waals surface area (Å²) in [5, 5.41) is 0. The lowest BCUT2D eigenvalue weighted by Gasteiger charge is -2.48. The van der Waals surface area contributed by atoms with Crippen molar-refractivity contribution in [1.29, 1.82) is 0 Å². The highest BCUT2D eigenvalue weighted by molar-refractivity contribution is 5.96. The molecule has 2 heterocycles. The number of amides is 2. The summed E-state index contributed by atoms with van der Waals surface area (Å²) in [6, 6.07) is 9.36. The third-order valence-corrected chi connectivity index (χ3v) is 4.32. The smallest absolute Gasteiger partial charge is 0.255 e. The molecule has 0 unspecified atom stereocenters. The first-order chi connectivity index (χ1) is 11.4. The minimum atomic E-state index is -0.945. The van der Waals surface area contributed by atoms with Crippen LogP contribution in [0.25, 0.3) is 0 Å². The van der Waals surface area contributed by atoms with Gasteiger partial charge in [0.25, 0.3) is 5.91 Å². The molecule has 24 heavy (non-hydrogen) atoms. The van der Waals surface area contributed by atoms with Gasteiger partial charge in [0.05, 0.1) is 11.0 Å². The molecule has 1 aromatic heterocycles. The van der Waals surface area contributed by atoms with Crippen LogP contribution in [0.3, 0.4) is 0 Å². The summed E-state index contributed by atoms with van der Waals surface area (Å²) >= 11 is 0. The van der Waals surface area contributed by atoms with Gasteiger partial charge in [-0.05, 0) is 30.2 Å². The third-order valence-electron chi connectivity index (χ3n) is 4.32. The summed E-state index contributed by atoms with van der Waals surface area (Å²) in [6.45, 7) is 0.305. The van der Waals surface area contributed by atoms with E-state index in [0.717, 1.165) is 0 Å². The quantitative estimate of drug-likeness (QED) is 0.873. The van der Waals surface area contributed by atoms with Crippen LogP contribution in [0, 0.1) is 11.2 Å². The average molecular weight is 328 g/mol. The molecule has 2 amide bonds. The molecule has 0 saturated carbocycles. The molecule has 0 aliphatic carbocycles. The summed E-state index contributed by atoms with van der Waals surface area (Å²) in [4.78, 5) is 29.7. The van der Waals surface area contributed by atoms with Crippen molar-refractivity contribution < 1.29 is 14.0 Å². The highest BCUT2D eigenvalue weighted by atomic mass is 19.1. The Bertz CT molecular complexity index is 785. The number of hydrogen-bond acceptors (Lipinski definition) is 4. The molecule has 0 radical (unpaired) electrons. The molecule has 1 aromatic carbocycles. The van der Waals surface area contributed by atoms with Gasteiger partial charge in [0, 0.05) is 19.3 Å². The van der Waals surface area contributed by atoms with Crippen LogP contribution in [0.5, 0.6) is 0 Å². The van der Waals surface area contributed by atoms with E-state index in [2.05, 4.69) is 4.98 Å². The maximum atomic E-state index is 13.8. The Balaban J connectivity index is 1.75. The zero-order valence-electron chi connectivity index (χ0n) is 12.9. The second-order valence-electron chi connectivity index (χ2n) is 6.05. The summed E-state index contributed by atoms with van der Waals surface area (Å²) in [5.41, 5.74) is 10.9. The Morgan fingerprint density at radius 2 is 1.92 bits per heavy atom. The molecule has 0 spiro atoms. The number of halogens is 1. The van der Waals surface area contributed by atoms with Gasteiger partial charge in [0.15, 0.2) is 0 Å². The Labute approximate surface area is 138 Å². The molecule has 3 rings (SSSR count). The van der Waals surface area contributed by atoms with E-state index < -0.39 is 11.3 Å². The second-order valence-corrected chi connectivity index (χ2v) is 6.05. The van der Waals surface area contributed by atoms with E-state index >= 15 is 0 Å². The van der Waals surface area contributed by atoms with Gasteiger partial charge < -0.3 is 16.4 Å². The summed E-state index contributed by atoms with van der Waals surface area (Å²) in [6.07, 6.45) is 1.55. The van der Waals surface area contributed by atoms with E-state index in [4.69, 9.17) is 11.5 Å². The van der Waals surface area contributed by atoms with Crippen LogP contribution in [0.15, 0.2) is 42.6 Å². The first-order valence-electron chi connectivity index (χ1n) is 7.45. The fourth-order valence-electron chi connectivity index (χ4n) is 2.90. The molecular weight excluding hydrogens is 311 g/mol. The number of benzene rings is 1. The molecule has 4 N–H and O–H groups in total. The number of anilines is 1. The van der Waals surface area contributed by atoms with Gasteiger partial charge >= 0.3 is 0 Å². The fourth-order valence-corrected chi connectivity index (χ4v) is 2.90. The van der Waals surface area contributed by atoms with E-state index in [9.17, 15) is 14.0 Å². The number of likely N-dealkylation sites (tertiary alicyclic amines) is 1. The fraction of sp³-hybridized carbons (Fsp3) is 0.235. The number of carbonyl (C=O) groups excluding carboxylic acids is 2. The lowest BCUT2D eigenvalue weighted by atomic mass is 9.73. The van der Waals surface area contributed by atoms with Crippen molar-refractivity contribution in [2.75, 3.05) is 18.8 Å². The van der Waals surface area contributed by atoms with E-state index in [-0.39, 0.29) is 31.2 Å². The molecule has 2 aromatic rings. The number of nitrogens with zero attached hydrogens (tertiary/aromatic N) is 2. The Hall–Kier alpha value is -2.96. The summed E-state index contributed by atoms with van der Waals surface area (Å²) in [5.74, 6) is -0.857. The number of aromatic nitrogens is 1. The highest BCUT2D eigenvalue weighted by Gasteiger charge is 2.50. The van der Waals surface area contributed by atoms with Crippen molar-refractivity contribution >= 4 is 17.6 Å². The minimum Gasteiger partial charge on any atom is -0.384 e. The Kier molecular flexibility index (Phi) is 3.92. The molecule has 0 atom stereocenters. The number of nitrogens with two attached hydrogens (primary N) is 2. The lowest BCUT2D eigenvalue weighted by Crippen LogP contribution is -2.65. The topological polar surface area (TPSA) is 102 Å². The van der Waals surface area contributed by atoms with Crippen LogP contribution < -0.4 is 11.5 Å². The van der Waals surface area contributed by atoms with E-state index in [1.807, 2.05) is 0 Å². The zero-order chi connectivity index (χ0) is 17.3. The number of carbonyl (C=O) groups is 2. The van der Waals surface area contributed by atoms with Gasteiger partial charge in [-0.1, -0.05) is 18.2 Å². The number of hydrogen-bond donors (Lipinski definition) is 2. The van der Waals surface area contributed by atoms with Crippen LogP contribution in [0.2, 0.25) is 0 Å². The minimum absolute atomic E-state index is 0.153. The van der Waals surface area contributed by atoms with Crippen molar-refractivity contribution in [3.8, 4) is 0 Å². The first-order valence-corrected chi connectivity index (χ1v) is 7.45. The van der Waals surface area contributed by atoms with Gasteiger partial charge in [-0.15, -0.1) is 0 Å². The molecule has 0 bridgehead atoms. The van der Waals surface area contributed by atoms with Gasteiger partial charge in [0.1, 0.15) is 11.6 Å². The number of rotatable bonds is 4. The maximum absolute atomic E-state index is 13.8. The van der Waals surface area contributed by atoms with Crippen LogP contribution in [0.4, 0.5) is 10.2 Å². The van der Waals surface area contributed by atoms with Gasteiger partial charge in [-0.2, -0.15) is 0 Å². The molecule has 1 saturated heterocycles. The van der Waals surface area contributed by atoms with Gasteiger partial charge in [-0.25, -0.2) is 9.37 Å². The molecule has 1 aliphatic rings. The molecule has 124 valence electrons. The SMILES string of the molecule is NC(=O)C1(Cc2ccccc2F)CN(C(=O)c2ccc(N)nc2)C1. The normalized spacial score (nSPS) is 15.6. The monoisotopic (exact) mass is 328 g/mol. The number of pyridine rings is 1. The number of primary amides is 1. The molecule has 1 fully saturated rings. The van der Waals surface area contributed by atoms with Crippen LogP contribution in [0.1, 0.15) is 15.9 Å². The lowest BCUT2D eigenvalue weighted by molar-refractivity contribution is -0.135. The van der Waals surface area contributed by atoms with E-state index in [0.29, 0.717) is 16.9 Å². The predicted octanol–water partition coefficient (Wildman–Crippen LogP) is 0.973. The van der Waals surface area contributed by atoms with Crippen molar-refractivity contribution in [3.05, 3.63) is 59.5 Å². The third kappa shape index (κ3) is 2.80. The van der Waals surface area contributed by atoms with E-state index in [1.165, 1.54) is 23.2 Å². The molecule has 1 aliphatic heterocycles. The first kappa shape index (κ1) is 15.9.